The second-order valence-electron chi connectivity index (χ2n) is 8.61. The fraction of sp³-hybridized carbons (Fsp3) is 0.185. The molecule has 4 aromatic rings. The summed E-state index contributed by atoms with van der Waals surface area (Å²) in [5, 5.41) is 5.74. The molecule has 1 fully saturated rings. The first kappa shape index (κ1) is 25.2. The van der Waals surface area contributed by atoms with E-state index in [0.717, 1.165) is 12.1 Å². The Kier molecular flexibility index (Phi) is 6.88. The Balaban J connectivity index is 1.41. The standard InChI is InChI=1S/C27H21Cl2F3N4O/c28-19-8-10-20(11-9-19)36-25(17-24(33-36)22-6-1-2-7-23(22)29)26(37)35-14-12-34(13-15-35)21-5-3-4-18(16-21)27(30,31)32/h1-11,16-17H,12-15H2. The van der Waals surface area contributed by atoms with E-state index in [0.29, 0.717) is 64.6 Å². The third kappa shape index (κ3) is 5.31. The van der Waals surface area contributed by atoms with Gasteiger partial charge in [-0.2, -0.15) is 18.3 Å². The number of carbonyl (C=O) groups excluding carboxylic acids is 1. The molecule has 1 amide bonds. The van der Waals surface area contributed by atoms with Crippen LogP contribution in [-0.4, -0.2) is 46.8 Å². The van der Waals surface area contributed by atoms with Gasteiger partial charge in [-0.3, -0.25) is 4.79 Å². The van der Waals surface area contributed by atoms with Crippen LogP contribution in [0.25, 0.3) is 16.9 Å². The van der Waals surface area contributed by atoms with Gasteiger partial charge in [-0.25, -0.2) is 4.68 Å². The van der Waals surface area contributed by atoms with Gasteiger partial charge in [0.15, 0.2) is 0 Å². The Morgan fingerprint density at radius 2 is 1.51 bits per heavy atom. The van der Waals surface area contributed by atoms with Crippen LogP contribution in [-0.2, 0) is 6.18 Å². The average Bonchev–Trinajstić information content (AvgIpc) is 3.34. The van der Waals surface area contributed by atoms with Gasteiger partial charge in [0, 0.05) is 42.5 Å². The quantitative estimate of drug-likeness (QED) is 0.283. The Morgan fingerprint density at radius 3 is 2.19 bits per heavy atom. The summed E-state index contributed by atoms with van der Waals surface area (Å²) >= 11 is 12.4. The van der Waals surface area contributed by atoms with E-state index in [-0.39, 0.29) is 5.91 Å². The minimum absolute atomic E-state index is 0.232. The third-order valence-corrected chi connectivity index (χ3v) is 6.84. The molecule has 37 heavy (non-hydrogen) atoms. The topological polar surface area (TPSA) is 41.4 Å². The summed E-state index contributed by atoms with van der Waals surface area (Å²) in [5.41, 5.74) is 2.04. The maximum atomic E-state index is 13.7. The van der Waals surface area contributed by atoms with Gasteiger partial charge in [-0.15, -0.1) is 0 Å². The molecule has 0 atom stereocenters. The van der Waals surface area contributed by atoms with Crippen molar-refractivity contribution in [3.05, 3.63) is 100 Å². The number of aromatic nitrogens is 2. The predicted octanol–water partition coefficient (Wildman–Crippen LogP) is 6.83. The fourth-order valence-electron chi connectivity index (χ4n) is 4.32. The average molecular weight is 545 g/mol. The van der Waals surface area contributed by atoms with E-state index in [2.05, 4.69) is 5.10 Å². The Hall–Kier alpha value is -3.49. The molecule has 190 valence electrons. The molecule has 5 nitrogen and oxygen atoms in total. The van der Waals surface area contributed by atoms with Gasteiger partial charge in [0.2, 0.25) is 0 Å². The van der Waals surface area contributed by atoms with E-state index in [1.165, 1.54) is 6.07 Å². The lowest BCUT2D eigenvalue weighted by atomic mass is 10.1. The molecule has 0 unspecified atom stereocenters. The lowest BCUT2D eigenvalue weighted by molar-refractivity contribution is -0.137. The monoisotopic (exact) mass is 544 g/mol. The van der Waals surface area contributed by atoms with Gasteiger partial charge >= 0.3 is 6.18 Å². The van der Waals surface area contributed by atoms with Crippen molar-refractivity contribution in [2.45, 2.75) is 6.18 Å². The molecule has 10 heteroatoms. The van der Waals surface area contributed by atoms with E-state index < -0.39 is 11.7 Å². The second kappa shape index (κ2) is 10.1. The van der Waals surface area contributed by atoms with E-state index in [9.17, 15) is 18.0 Å². The highest BCUT2D eigenvalue weighted by Crippen LogP contribution is 2.32. The van der Waals surface area contributed by atoms with Crippen LogP contribution in [0.1, 0.15) is 16.1 Å². The number of nitrogens with zero attached hydrogens (tertiary/aromatic N) is 4. The first-order valence-electron chi connectivity index (χ1n) is 11.5. The smallest absolute Gasteiger partial charge is 0.368 e. The van der Waals surface area contributed by atoms with Crippen molar-refractivity contribution in [3.8, 4) is 16.9 Å². The third-order valence-electron chi connectivity index (χ3n) is 6.25. The maximum Gasteiger partial charge on any atom is 0.416 e. The van der Waals surface area contributed by atoms with Crippen LogP contribution in [0, 0.1) is 0 Å². The zero-order valence-electron chi connectivity index (χ0n) is 19.4. The van der Waals surface area contributed by atoms with Crippen molar-refractivity contribution in [1.82, 2.24) is 14.7 Å². The number of anilines is 1. The highest BCUT2D eigenvalue weighted by molar-refractivity contribution is 6.33. The van der Waals surface area contributed by atoms with Crippen molar-refractivity contribution in [1.29, 1.82) is 0 Å². The van der Waals surface area contributed by atoms with E-state index in [1.54, 1.807) is 52.0 Å². The molecule has 0 N–H and O–H groups in total. The number of amides is 1. The highest BCUT2D eigenvalue weighted by Gasteiger charge is 2.32. The van der Waals surface area contributed by atoms with Crippen molar-refractivity contribution >= 4 is 34.8 Å². The van der Waals surface area contributed by atoms with Gasteiger partial charge in [0.25, 0.3) is 5.91 Å². The number of alkyl halides is 3. The zero-order chi connectivity index (χ0) is 26.2. The van der Waals surface area contributed by atoms with Gasteiger partial charge in [-0.1, -0.05) is 47.5 Å². The Labute approximate surface area is 221 Å². The van der Waals surface area contributed by atoms with Crippen molar-refractivity contribution in [3.63, 3.8) is 0 Å². The SMILES string of the molecule is O=C(c1cc(-c2ccccc2Cl)nn1-c1ccc(Cl)cc1)N1CCN(c2cccc(C(F)(F)F)c2)CC1. The molecular weight excluding hydrogens is 524 g/mol. The van der Waals surface area contributed by atoms with Gasteiger partial charge < -0.3 is 9.80 Å². The predicted molar refractivity (Wildman–Crippen MR) is 139 cm³/mol. The molecule has 1 aliphatic heterocycles. The van der Waals surface area contributed by atoms with E-state index in [4.69, 9.17) is 23.2 Å². The maximum absolute atomic E-state index is 13.7. The van der Waals surface area contributed by atoms with E-state index >= 15 is 0 Å². The molecule has 5 rings (SSSR count). The minimum atomic E-state index is -4.41. The van der Waals surface area contributed by atoms with Crippen molar-refractivity contribution in [2.75, 3.05) is 31.1 Å². The number of hydrogen-bond acceptors (Lipinski definition) is 3. The molecule has 3 aromatic carbocycles. The number of rotatable bonds is 4. The van der Waals surface area contributed by atoms with Crippen LogP contribution in [0.5, 0.6) is 0 Å². The van der Waals surface area contributed by atoms with Crippen LogP contribution in [0.2, 0.25) is 10.0 Å². The summed E-state index contributed by atoms with van der Waals surface area (Å²) in [6.07, 6.45) is -4.41. The van der Waals surface area contributed by atoms with E-state index in [1.807, 2.05) is 23.1 Å². The molecule has 1 saturated heterocycles. The Bertz CT molecular complexity index is 1430. The highest BCUT2D eigenvalue weighted by atomic mass is 35.5. The second-order valence-corrected chi connectivity index (χ2v) is 9.45. The normalized spacial score (nSPS) is 14.2. The molecule has 0 spiro atoms. The molecule has 1 aromatic heterocycles. The van der Waals surface area contributed by atoms with Crippen molar-refractivity contribution < 1.29 is 18.0 Å². The summed E-state index contributed by atoms with van der Waals surface area (Å²) in [7, 11) is 0. The minimum Gasteiger partial charge on any atom is -0.368 e. The van der Waals surface area contributed by atoms with Gasteiger partial charge in [0.1, 0.15) is 5.69 Å². The number of hydrogen-bond donors (Lipinski definition) is 0. The summed E-state index contributed by atoms with van der Waals surface area (Å²) < 4.78 is 41.0. The Morgan fingerprint density at radius 1 is 0.811 bits per heavy atom. The number of halogens is 5. The van der Waals surface area contributed by atoms with Gasteiger partial charge in [0.05, 0.1) is 22.0 Å². The van der Waals surface area contributed by atoms with Crippen LogP contribution in [0.3, 0.4) is 0 Å². The van der Waals surface area contributed by atoms with Crippen LogP contribution in [0.15, 0.2) is 78.9 Å². The van der Waals surface area contributed by atoms with Crippen LogP contribution < -0.4 is 4.90 Å². The summed E-state index contributed by atoms with van der Waals surface area (Å²) in [6, 6.07) is 21.2. The molecule has 2 heterocycles. The summed E-state index contributed by atoms with van der Waals surface area (Å²) in [6.45, 7) is 1.50. The molecule has 1 aliphatic rings. The first-order chi connectivity index (χ1) is 17.7. The van der Waals surface area contributed by atoms with Crippen LogP contribution in [0.4, 0.5) is 18.9 Å². The van der Waals surface area contributed by atoms with Gasteiger partial charge in [-0.05, 0) is 54.6 Å². The lowest BCUT2D eigenvalue weighted by Crippen LogP contribution is -2.49. The molecule has 0 radical (unpaired) electrons. The van der Waals surface area contributed by atoms with Crippen molar-refractivity contribution in [2.24, 2.45) is 0 Å². The molecule has 0 saturated carbocycles. The first-order valence-corrected chi connectivity index (χ1v) is 12.3. The fourth-order valence-corrected chi connectivity index (χ4v) is 4.68. The largest absolute Gasteiger partial charge is 0.416 e. The molecule has 0 aliphatic carbocycles. The molecule has 0 bridgehead atoms. The number of piperazine rings is 1. The number of benzene rings is 3. The summed E-state index contributed by atoms with van der Waals surface area (Å²) in [5.74, 6) is -0.232. The zero-order valence-corrected chi connectivity index (χ0v) is 20.9. The summed E-state index contributed by atoms with van der Waals surface area (Å²) in [4.78, 5) is 17.2. The van der Waals surface area contributed by atoms with Crippen LogP contribution >= 0.6 is 23.2 Å². The lowest BCUT2D eigenvalue weighted by Gasteiger charge is -2.36. The number of carbonyl (C=O) groups is 1. The molecular formula is C27H21Cl2F3N4O.